The first-order chi connectivity index (χ1) is 21.6. The Morgan fingerprint density at radius 1 is 0.889 bits per heavy atom. The van der Waals surface area contributed by atoms with E-state index in [4.69, 9.17) is 32.7 Å². The van der Waals surface area contributed by atoms with E-state index in [1.165, 1.54) is 0 Å². The van der Waals surface area contributed by atoms with Gasteiger partial charge in [0.1, 0.15) is 0 Å². The number of ether oxygens (including phenoxy) is 2. The standard InChI is InChI=1S/C32H38Cl2N4O6S/c1-3-35-31(39)22-7-9-23(10-8-22)32(40)36-11-13-43-15-16-44-14-12-37-45(41,42)26-6-4-5-24(17-26)28-20-38(2)21-29-27(28)18-25(33)19-30(29)34/h4-10,17-19,28,37H,3,11-16,20-21H2,1-2H3,(H,35,39)(H,36,40). The van der Waals surface area contributed by atoms with E-state index < -0.39 is 10.0 Å². The van der Waals surface area contributed by atoms with Crippen molar-refractivity contribution < 1.29 is 27.5 Å². The van der Waals surface area contributed by atoms with Crippen LogP contribution in [0.1, 0.15) is 50.2 Å². The zero-order chi connectivity index (χ0) is 32.4. The van der Waals surface area contributed by atoms with Crippen molar-refractivity contribution in [3.05, 3.63) is 98.5 Å². The fraction of sp³-hybridized carbons (Fsp3) is 0.375. The lowest BCUT2D eigenvalue weighted by Gasteiger charge is -2.33. The number of halogens is 2. The van der Waals surface area contributed by atoms with Crippen molar-refractivity contribution in [2.75, 3.05) is 59.7 Å². The maximum absolute atomic E-state index is 13.0. The topological polar surface area (TPSA) is 126 Å². The maximum Gasteiger partial charge on any atom is 0.251 e. The largest absolute Gasteiger partial charge is 0.378 e. The summed E-state index contributed by atoms with van der Waals surface area (Å²) in [6.45, 7) is 5.19. The Bertz CT molecular complexity index is 1590. The molecule has 1 unspecified atom stereocenters. The maximum atomic E-state index is 13.0. The molecule has 0 saturated heterocycles. The van der Waals surface area contributed by atoms with Gasteiger partial charge in [0, 0.05) is 59.8 Å². The Hall–Kier alpha value is -3.03. The zero-order valence-corrected chi connectivity index (χ0v) is 27.6. The predicted molar refractivity (Wildman–Crippen MR) is 175 cm³/mol. The van der Waals surface area contributed by atoms with Crippen molar-refractivity contribution in [2.45, 2.75) is 24.3 Å². The van der Waals surface area contributed by atoms with E-state index in [0.717, 1.165) is 16.7 Å². The van der Waals surface area contributed by atoms with Crippen LogP contribution in [0.15, 0.2) is 65.6 Å². The van der Waals surface area contributed by atoms with E-state index in [1.807, 2.05) is 26.1 Å². The van der Waals surface area contributed by atoms with Crippen LogP contribution in [0, 0.1) is 0 Å². The number of nitrogens with one attached hydrogen (secondary N) is 3. The predicted octanol–water partition coefficient (Wildman–Crippen LogP) is 4.06. The molecule has 0 bridgehead atoms. The van der Waals surface area contributed by atoms with Crippen LogP contribution in [0.2, 0.25) is 10.0 Å². The molecule has 0 aliphatic carbocycles. The third-order valence-corrected chi connectivity index (χ3v) is 9.27. The second-order valence-electron chi connectivity index (χ2n) is 10.6. The van der Waals surface area contributed by atoms with Crippen LogP contribution < -0.4 is 15.4 Å². The number of fused-ring (bicyclic) bond motifs is 1. The molecule has 1 atom stereocenters. The van der Waals surface area contributed by atoms with Gasteiger partial charge in [-0.2, -0.15) is 0 Å². The van der Waals surface area contributed by atoms with Gasteiger partial charge in [0.25, 0.3) is 11.8 Å². The highest BCUT2D eigenvalue weighted by Gasteiger charge is 2.28. The summed E-state index contributed by atoms with van der Waals surface area (Å²) in [6.07, 6.45) is 0. The molecule has 3 N–H and O–H groups in total. The quantitative estimate of drug-likeness (QED) is 0.207. The lowest BCUT2D eigenvalue weighted by molar-refractivity contribution is 0.0503. The van der Waals surface area contributed by atoms with Crippen LogP contribution in [0.5, 0.6) is 0 Å². The average molecular weight is 678 g/mol. The molecule has 10 nitrogen and oxygen atoms in total. The van der Waals surface area contributed by atoms with Gasteiger partial charge in [-0.05, 0) is 79.2 Å². The van der Waals surface area contributed by atoms with Gasteiger partial charge in [-0.25, -0.2) is 13.1 Å². The second kappa shape index (κ2) is 16.5. The first-order valence-corrected chi connectivity index (χ1v) is 16.9. The highest BCUT2D eigenvalue weighted by atomic mass is 35.5. The second-order valence-corrected chi connectivity index (χ2v) is 13.2. The lowest BCUT2D eigenvalue weighted by atomic mass is 9.85. The third-order valence-electron chi connectivity index (χ3n) is 7.25. The summed E-state index contributed by atoms with van der Waals surface area (Å²) in [7, 11) is -1.76. The highest BCUT2D eigenvalue weighted by molar-refractivity contribution is 7.89. The number of amides is 2. The minimum absolute atomic E-state index is 0.0756. The first kappa shape index (κ1) is 34.8. The molecular formula is C32H38Cl2N4O6S. The van der Waals surface area contributed by atoms with E-state index in [-0.39, 0.29) is 55.6 Å². The van der Waals surface area contributed by atoms with Crippen molar-refractivity contribution >= 4 is 45.0 Å². The number of rotatable bonds is 15. The van der Waals surface area contributed by atoms with Crippen LogP contribution in [0.4, 0.5) is 0 Å². The summed E-state index contributed by atoms with van der Waals surface area (Å²) < 4.78 is 39.6. The van der Waals surface area contributed by atoms with E-state index in [1.54, 1.807) is 48.5 Å². The van der Waals surface area contributed by atoms with Gasteiger partial charge in [-0.15, -0.1) is 0 Å². The molecule has 0 fully saturated rings. The van der Waals surface area contributed by atoms with Crippen molar-refractivity contribution in [1.29, 1.82) is 0 Å². The molecule has 0 aromatic heterocycles. The van der Waals surface area contributed by atoms with Gasteiger partial charge in [0.2, 0.25) is 10.0 Å². The molecule has 1 heterocycles. The molecule has 4 rings (SSSR count). The highest BCUT2D eigenvalue weighted by Crippen LogP contribution is 2.38. The number of nitrogens with zero attached hydrogens (tertiary/aromatic N) is 1. The van der Waals surface area contributed by atoms with Gasteiger partial charge in [0.05, 0.1) is 31.3 Å². The Labute approximate surface area is 274 Å². The minimum atomic E-state index is -3.76. The van der Waals surface area contributed by atoms with E-state index in [9.17, 15) is 18.0 Å². The SMILES string of the molecule is CCNC(=O)c1ccc(C(=O)NCCOCCOCCNS(=O)(=O)c2cccc(C3CN(C)Cc4c(Cl)cc(Cl)cc43)c2)cc1. The summed E-state index contributed by atoms with van der Waals surface area (Å²) in [5.74, 6) is -0.525. The number of benzene rings is 3. The zero-order valence-electron chi connectivity index (χ0n) is 25.3. The summed E-state index contributed by atoms with van der Waals surface area (Å²) in [5, 5.41) is 6.62. The Kier molecular flexibility index (Phi) is 12.8. The molecule has 242 valence electrons. The Morgan fingerprint density at radius 2 is 1.53 bits per heavy atom. The first-order valence-electron chi connectivity index (χ1n) is 14.7. The number of hydrogen-bond acceptors (Lipinski definition) is 7. The summed E-state index contributed by atoms with van der Waals surface area (Å²) in [5.41, 5.74) is 3.81. The van der Waals surface area contributed by atoms with E-state index in [2.05, 4.69) is 20.3 Å². The van der Waals surface area contributed by atoms with Crippen molar-refractivity contribution in [3.63, 3.8) is 0 Å². The van der Waals surface area contributed by atoms with Gasteiger partial charge >= 0.3 is 0 Å². The molecule has 3 aromatic rings. The average Bonchev–Trinajstić information content (AvgIpc) is 3.02. The van der Waals surface area contributed by atoms with Gasteiger partial charge in [0.15, 0.2) is 0 Å². The number of likely N-dealkylation sites (N-methyl/N-ethyl adjacent to an activating group) is 1. The number of carbonyl (C=O) groups excluding carboxylic acids is 2. The lowest BCUT2D eigenvalue weighted by Crippen LogP contribution is -2.31. The molecule has 0 radical (unpaired) electrons. The van der Waals surface area contributed by atoms with Crippen LogP contribution >= 0.6 is 23.2 Å². The van der Waals surface area contributed by atoms with Crippen molar-refractivity contribution in [2.24, 2.45) is 0 Å². The van der Waals surface area contributed by atoms with Gasteiger partial charge < -0.3 is 25.0 Å². The fourth-order valence-electron chi connectivity index (χ4n) is 5.06. The number of carbonyl (C=O) groups is 2. The van der Waals surface area contributed by atoms with E-state index >= 15 is 0 Å². The third kappa shape index (κ3) is 9.73. The molecule has 1 aliphatic heterocycles. The van der Waals surface area contributed by atoms with Crippen molar-refractivity contribution in [3.8, 4) is 0 Å². The number of sulfonamides is 1. The fourth-order valence-corrected chi connectivity index (χ4v) is 6.69. The normalized spacial score (nSPS) is 15.0. The summed E-state index contributed by atoms with van der Waals surface area (Å²) in [4.78, 5) is 26.4. The summed E-state index contributed by atoms with van der Waals surface area (Å²) in [6, 6.07) is 17.0. The summed E-state index contributed by atoms with van der Waals surface area (Å²) >= 11 is 12.8. The van der Waals surface area contributed by atoms with Crippen LogP contribution in [0.3, 0.4) is 0 Å². The molecule has 0 spiro atoms. The molecule has 0 saturated carbocycles. The molecule has 3 aromatic carbocycles. The van der Waals surface area contributed by atoms with Crippen LogP contribution in [0.25, 0.3) is 0 Å². The van der Waals surface area contributed by atoms with Gasteiger partial charge in [-0.1, -0.05) is 35.3 Å². The minimum Gasteiger partial charge on any atom is -0.378 e. The monoisotopic (exact) mass is 676 g/mol. The smallest absolute Gasteiger partial charge is 0.251 e. The van der Waals surface area contributed by atoms with Crippen LogP contribution in [-0.2, 0) is 26.0 Å². The van der Waals surface area contributed by atoms with Gasteiger partial charge in [-0.3, -0.25) is 9.59 Å². The van der Waals surface area contributed by atoms with Crippen molar-refractivity contribution in [1.82, 2.24) is 20.3 Å². The molecular weight excluding hydrogens is 639 g/mol. The molecule has 13 heteroatoms. The Morgan fingerprint density at radius 3 is 2.20 bits per heavy atom. The number of hydrogen-bond donors (Lipinski definition) is 3. The van der Waals surface area contributed by atoms with E-state index in [0.29, 0.717) is 47.4 Å². The Balaban J connectivity index is 1.15. The molecule has 1 aliphatic rings. The molecule has 45 heavy (non-hydrogen) atoms. The molecule has 2 amide bonds. The van der Waals surface area contributed by atoms with Crippen LogP contribution in [-0.4, -0.2) is 84.8 Å².